The first-order chi connectivity index (χ1) is 7.09. The van der Waals surface area contributed by atoms with Gasteiger partial charge in [-0.15, -0.1) is 0 Å². The molecule has 0 aromatic carbocycles. The summed E-state index contributed by atoms with van der Waals surface area (Å²) < 4.78 is 5.00. The van der Waals surface area contributed by atoms with Crippen LogP contribution in [0.1, 0.15) is 5.76 Å². The van der Waals surface area contributed by atoms with E-state index in [9.17, 15) is 9.59 Å². The molecule has 0 aliphatic rings. The molecule has 1 atom stereocenters. The number of hydrogen-bond acceptors (Lipinski definition) is 4. The van der Waals surface area contributed by atoms with Crippen molar-refractivity contribution < 1.29 is 19.1 Å². The van der Waals surface area contributed by atoms with Crippen molar-refractivity contribution in [3.63, 3.8) is 0 Å². The minimum Gasteiger partial charge on any atom is -0.480 e. The van der Waals surface area contributed by atoms with E-state index >= 15 is 0 Å². The van der Waals surface area contributed by atoms with Crippen LogP contribution < -0.4 is 11.1 Å². The van der Waals surface area contributed by atoms with E-state index in [0.717, 1.165) is 0 Å². The average Bonchev–Trinajstić information content (AvgIpc) is 2.66. The molecule has 82 valence electrons. The van der Waals surface area contributed by atoms with Crippen LogP contribution in [0.2, 0.25) is 0 Å². The van der Waals surface area contributed by atoms with Gasteiger partial charge in [0.05, 0.1) is 12.3 Å². The zero-order chi connectivity index (χ0) is 11.3. The van der Waals surface area contributed by atoms with Gasteiger partial charge in [-0.2, -0.15) is 0 Å². The number of carbonyl (C=O) groups excluding carboxylic acids is 1. The standard InChI is InChI=1S/C9H12N2O4/c10-7(4-6-2-1-3-15-6)9(14)11-5-8(12)13/h1-3,7H,4-5,10H2,(H,11,14)(H,12,13)/t7-/m0/s1. The number of rotatable bonds is 5. The summed E-state index contributed by atoms with van der Waals surface area (Å²) in [6.45, 7) is -0.426. The number of nitrogens with one attached hydrogen (secondary N) is 1. The molecule has 0 bridgehead atoms. The second-order valence-corrected chi connectivity index (χ2v) is 3.00. The summed E-state index contributed by atoms with van der Waals surface area (Å²) in [4.78, 5) is 21.4. The van der Waals surface area contributed by atoms with Crippen molar-refractivity contribution in [3.05, 3.63) is 24.2 Å². The Hall–Kier alpha value is -1.82. The molecule has 0 fully saturated rings. The number of carboxylic acid groups (broad SMARTS) is 1. The summed E-state index contributed by atoms with van der Waals surface area (Å²) in [7, 11) is 0. The summed E-state index contributed by atoms with van der Waals surface area (Å²) in [5, 5.41) is 10.5. The Morgan fingerprint density at radius 2 is 2.33 bits per heavy atom. The van der Waals surface area contributed by atoms with Gasteiger partial charge in [-0.3, -0.25) is 9.59 Å². The number of amides is 1. The first-order valence-corrected chi connectivity index (χ1v) is 4.37. The molecule has 1 amide bonds. The number of furan rings is 1. The molecule has 1 heterocycles. The first kappa shape index (κ1) is 11.3. The van der Waals surface area contributed by atoms with E-state index in [1.807, 2.05) is 0 Å². The first-order valence-electron chi connectivity index (χ1n) is 4.37. The zero-order valence-corrected chi connectivity index (χ0v) is 7.97. The summed E-state index contributed by atoms with van der Waals surface area (Å²) in [6.07, 6.45) is 1.73. The number of nitrogens with two attached hydrogens (primary N) is 1. The monoisotopic (exact) mass is 212 g/mol. The van der Waals surface area contributed by atoms with Gasteiger partial charge in [0.2, 0.25) is 5.91 Å². The summed E-state index contributed by atoms with van der Waals surface area (Å²) in [5.41, 5.74) is 5.53. The quantitative estimate of drug-likeness (QED) is 0.601. The van der Waals surface area contributed by atoms with Crippen molar-refractivity contribution in [1.82, 2.24) is 5.32 Å². The largest absolute Gasteiger partial charge is 0.480 e. The van der Waals surface area contributed by atoms with Crippen molar-refractivity contribution in [2.75, 3.05) is 6.54 Å². The van der Waals surface area contributed by atoms with Crippen molar-refractivity contribution in [1.29, 1.82) is 0 Å². The van der Waals surface area contributed by atoms with Gasteiger partial charge >= 0.3 is 5.97 Å². The number of aliphatic carboxylic acids is 1. The van der Waals surface area contributed by atoms with Gasteiger partial charge in [0.1, 0.15) is 12.3 Å². The van der Waals surface area contributed by atoms with Crippen LogP contribution in [0, 0.1) is 0 Å². The highest BCUT2D eigenvalue weighted by Crippen LogP contribution is 2.02. The molecule has 1 aromatic rings. The van der Waals surface area contributed by atoms with Gasteiger partial charge < -0.3 is 20.6 Å². The lowest BCUT2D eigenvalue weighted by atomic mass is 10.1. The zero-order valence-electron chi connectivity index (χ0n) is 7.97. The summed E-state index contributed by atoms with van der Waals surface area (Å²) in [6, 6.07) is 2.59. The lowest BCUT2D eigenvalue weighted by Gasteiger charge is -2.08. The molecule has 4 N–H and O–H groups in total. The molecule has 0 saturated carbocycles. The predicted octanol–water partition coefficient (Wildman–Crippen LogP) is -0.650. The molecule has 1 aromatic heterocycles. The average molecular weight is 212 g/mol. The van der Waals surface area contributed by atoms with Crippen LogP contribution >= 0.6 is 0 Å². The van der Waals surface area contributed by atoms with E-state index < -0.39 is 24.5 Å². The van der Waals surface area contributed by atoms with Gasteiger partial charge in [0.15, 0.2) is 0 Å². The second kappa shape index (κ2) is 5.16. The number of hydrogen-bond donors (Lipinski definition) is 3. The topological polar surface area (TPSA) is 106 Å². The maximum atomic E-state index is 11.2. The van der Waals surface area contributed by atoms with Gasteiger partial charge in [0, 0.05) is 6.42 Å². The lowest BCUT2D eigenvalue weighted by molar-refractivity contribution is -0.138. The highest BCUT2D eigenvalue weighted by Gasteiger charge is 2.15. The third kappa shape index (κ3) is 3.82. The van der Waals surface area contributed by atoms with E-state index in [2.05, 4.69) is 5.32 Å². The molecule has 15 heavy (non-hydrogen) atoms. The molecule has 0 unspecified atom stereocenters. The van der Waals surface area contributed by atoms with Crippen LogP contribution in [0.15, 0.2) is 22.8 Å². The Morgan fingerprint density at radius 1 is 1.60 bits per heavy atom. The molecule has 0 spiro atoms. The summed E-state index contributed by atoms with van der Waals surface area (Å²) in [5.74, 6) is -1.02. The SMILES string of the molecule is N[C@@H](Cc1ccco1)C(=O)NCC(=O)O. The van der Waals surface area contributed by atoms with Gasteiger partial charge in [-0.05, 0) is 12.1 Å². The lowest BCUT2D eigenvalue weighted by Crippen LogP contribution is -2.43. The van der Waals surface area contributed by atoms with Crippen LogP contribution in [0.25, 0.3) is 0 Å². The Bertz CT molecular complexity index is 334. The fourth-order valence-electron chi connectivity index (χ4n) is 1.03. The minimum absolute atomic E-state index is 0.248. The van der Waals surface area contributed by atoms with E-state index in [1.54, 1.807) is 12.1 Å². The van der Waals surface area contributed by atoms with Gasteiger partial charge in [-0.25, -0.2) is 0 Å². The third-order valence-electron chi connectivity index (χ3n) is 1.75. The molecule has 1 rings (SSSR count). The van der Waals surface area contributed by atoms with Crippen LogP contribution in [0.4, 0.5) is 0 Å². The van der Waals surface area contributed by atoms with E-state index in [-0.39, 0.29) is 6.42 Å². The minimum atomic E-state index is -1.10. The fraction of sp³-hybridized carbons (Fsp3) is 0.333. The van der Waals surface area contributed by atoms with Gasteiger partial charge in [0.25, 0.3) is 0 Å². The Morgan fingerprint density at radius 3 is 2.87 bits per heavy atom. The molecule has 0 aliphatic carbocycles. The Labute approximate surface area is 86.1 Å². The molecule has 0 radical (unpaired) electrons. The van der Waals surface area contributed by atoms with Crippen LogP contribution in [-0.2, 0) is 16.0 Å². The highest BCUT2D eigenvalue weighted by molar-refractivity contribution is 5.85. The van der Waals surface area contributed by atoms with Crippen LogP contribution in [0.5, 0.6) is 0 Å². The normalized spacial score (nSPS) is 12.1. The van der Waals surface area contributed by atoms with Crippen molar-refractivity contribution >= 4 is 11.9 Å². The molecule has 6 nitrogen and oxygen atoms in total. The number of carbonyl (C=O) groups is 2. The van der Waals surface area contributed by atoms with E-state index in [4.69, 9.17) is 15.3 Å². The summed E-state index contributed by atoms with van der Waals surface area (Å²) >= 11 is 0. The van der Waals surface area contributed by atoms with E-state index in [0.29, 0.717) is 5.76 Å². The molecule has 0 saturated heterocycles. The van der Waals surface area contributed by atoms with E-state index in [1.165, 1.54) is 6.26 Å². The molecule has 6 heteroatoms. The number of carboxylic acids is 1. The maximum Gasteiger partial charge on any atom is 0.322 e. The molecular formula is C9H12N2O4. The van der Waals surface area contributed by atoms with Crippen LogP contribution in [-0.4, -0.2) is 29.6 Å². The smallest absolute Gasteiger partial charge is 0.322 e. The molecular weight excluding hydrogens is 200 g/mol. The van der Waals surface area contributed by atoms with Crippen molar-refractivity contribution in [2.45, 2.75) is 12.5 Å². The van der Waals surface area contributed by atoms with Crippen molar-refractivity contribution in [2.24, 2.45) is 5.73 Å². The molecule has 0 aliphatic heterocycles. The highest BCUT2D eigenvalue weighted by atomic mass is 16.4. The maximum absolute atomic E-state index is 11.2. The predicted molar refractivity (Wildman–Crippen MR) is 51.0 cm³/mol. The van der Waals surface area contributed by atoms with Gasteiger partial charge in [-0.1, -0.05) is 0 Å². The fourth-order valence-corrected chi connectivity index (χ4v) is 1.03. The Balaban J connectivity index is 2.36. The third-order valence-corrected chi connectivity index (χ3v) is 1.75. The van der Waals surface area contributed by atoms with Crippen LogP contribution in [0.3, 0.4) is 0 Å². The van der Waals surface area contributed by atoms with Crippen molar-refractivity contribution in [3.8, 4) is 0 Å². The second-order valence-electron chi connectivity index (χ2n) is 3.00. The Kier molecular flexibility index (Phi) is 3.87.